The predicted molar refractivity (Wildman–Crippen MR) is 76.0 cm³/mol. The van der Waals surface area contributed by atoms with Crippen molar-refractivity contribution in [1.82, 2.24) is 10.2 Å². The van der Waals surface area contributed by atoms with Crippen LogP contribution in [0.2, 0.25) is 0 Å². The molecule has 1 fully saturated rings. The fraction of sp³-hybridized carbons (Fsp3) is 0.571. The Morgan fingerprint density at radius 3 is 2.38 bits per heavy atom. The van der Waals surface area contributed by atoms with Crippen LogP contribution in [-0.4, -0.2) is 31.1 Å². The molecule has 1 heterocycles. The van der Waals surface area contributed by atoms with Gasteiger partial charge in [-0.15, -0.1) is 12.4 Å². The minimum atomic E-state index is -4.51. The molecule has 0 atom stereocenters. The van der Waals surface area contributed by atoms with Crippen LogP contribution in [-0.2, 0) is 12.7 Å². The van der Waals surface area contributed by atoms with Gasteiger partial charge >= 0.3 is 6.18 Å². The molecule has 0 unspecified atom stereocenters. The van der Waals surface area contributed by atoms with E-state index in [1.807, 2.05) is 11.9 Å². The van der Waals surface area contributed by atoms with Crippen molar-refractivity contribution < 1.29 is 17.6 Å². The molecule has 0 aromatic heterocycles. The van der Waals surface area contributed by atoms with Crippen LogP contribution in [0.1, 0.15) is 24.0 Å². The topological polar surface area (TPSA) is 15.3 Å². The molecule has 21 heavy (non-hydrogen) atoms. The van der Waals surface area contributed by atoms with Crippen molar-refractivity contribution in [3.05, 3.63) is 35.1 Å². The van der Waals surface area contributed by atoms with Crippen LogP contribution in [0.15, 0.2) is 18.2 Å². The van der Waals surface area contributed by atoms with Gasteiger partial charge in [-0.25, -0.2) is 4.39 Å². The van der Waals surface area contributed by atoms with Crippen molar-refractivity contribution in [1.29, 1.82) is 0 Å². The largest absolute Gasteiger partial charge is 0.416 e. The molecule has 2 nitrogen and oxygen atoms in total. The van der Waals surface area contributed by atoms with Crippen LogP contribution < -0.4 is 5.32 Å². The molecule has 0 radical (unpaired) electrons. The van der Waals surface area contributed by atoms with Crippen molar-refractivity contribution in [2.75, 3.05) is 20.1 Å². The third-order valence-corrected chi connectivity index (χ3v) is 3.77. The summed E-state index contributed by atoms with van der Waals surface area (Å²) in [5, 5.41) is 3.18. The number of nitrogens with one attached hydrogen (secondary N) is 1. The smallest absolute Gasteiger partial charge is 0.317 e. The van der Waals surface area contributed by atoms with E-state index in [1.54, 1.807) is 0 Å². The SMILES string of the molecule is CNC1CCN(Cc2ccc(F)cc2C(F)(F)F)CC1.Cl. The highest BCUT2D eigenvalue weighted by Gasteiger charge is 2.34. The first-order valence-corrected chi connectivity index (χ1v) is 6.65. The summed E-state index contributed by atoms with van der Waals surface area (Å²) in [5.41, 5.74) is -0.727. The van der Waals surface area contributed by atoms with Crippen LogP contribution >= 0.6 is 12.4 Å². The van der Waals surface area contributed by atoms with Gasteiger partial charge in [0.25, 0.3) is 0 Å². The first kappa shape index (κ1) is 18.2. The summed E-state index contributed by atoms with van der Waals surface area (Å²) in [6.07, 6.45) is -2.68. The quantitative estimate of drug-likeness (QED) is 0.856. The maximum atomic E-state index is 13.0. The van der Waals surface area contributed by atoms with Gasteiger partial charge in [0.1, 0.15) is 5.82 Å². The second-order valence-electron chi connectivity index (χ2n) is 5.14. The second kappa shape index (κ2) is 7.42. The minimum Gasteiger partial charge on any atom is -0.317 e. The lowest BCUT2D eigenvalue weighted by Gasteiger charge is -2.32. The Morgan fingerprint density at radius 1 is 1.24 bits per heavy atom. The molecule has 0 bridgehead atoms. The number of halogens is 5. The molecule has 0 saturated carbocycles. The minimum absolute atomic E-state index is 0. The van der Waals surface area contributed by atoms with E-state index in [2.05, 4.69) is 5.32 Å². The summed E-state index contributed by atoms with van der Waals surface area (Å²) in [6.45, 7) is 1.71. The number of hydrogen-bond donors (Lipinski definition) is 1. The van der Waals surface area contributed by atoms with Gasteiger partial charge in [-0.05, 0) is 50.7 Å². The lowest BCUT2D eigenvalue weighted by atomic mass is 10.0. The molecule has 1 aromatic rings. The second-order valence-corrected chi connectivity index (χ2v) is 5.14. The summed E-state index contributed by atoms with van der Waals surface area (Å²) in [6, 6.07) is 3.34. The Balaban J connectivity index is 0.00000220. The van der Waals surface area contributed by atoms with Crippen LogP contribution in [0.5, 0.6) is 0 Å². The zero-order valence-electron chi connectivity index (χ0n) is 11.7. The number of hydrogen-bond acceptors (Lipinski definition) is 2. The number of benzene rings is 1. The third kappa shape index (κ3) is 4.83. The Kier molecular flexibility index (Phi) is 6.43. The van der Waals surface area contributed by atoms with E-state index in [9.17, 15) is 17.6 Å². The Hall–Kier alpha value is -0.850. The molecule has 1 aliphatic heterocycles. The monoisotopic (exact) mass is 326 g/mol. The van der Waals surface area contributed by atoms with Gasteiger partial charge in [-0.1, -0.05) is 6.07 Å². The number of likely N-dealkylation sites (tertiary alicyclic amines) is 1. The number of piperidine rings is 1. The zero-order valence-corrected chi connectivity index (χ0v) is 12.5. The van der Waals surface area contributed by atoms with E-state index >= 15 is 0 Å². The van der Waals surface area contributed by atoms with E-state index in [0.29, 0.717) is 12.1 Å². The average molecular weight is 327 g/mol. The molecule has 2 rings (SSSR count). The summed E-state index contributed by atoms with van der Waals surface area (Å²) in [5.74, 6) is -0.852. The van der Waals surface area contributed by atoms with Gasteiger partial charge in [0, 0.05) is 12.6 Å². The molecular weight excluding hydrogens is 308 g/mol. The maximum Gasteiger partial charge on any atom is 0.416 e. The van der Waals surface area contributed by atoms with E-state index in [1.165, 1.54) is 6.07 Å². The van der Waals surface area contributed by atoms with Crippen molar-refractivity contribution >= 4 is 12.4 Å². The third-order valence-electron chi connectivity index (χ3n) is 3.77. The normalized spacial score (nSPS) is 17.6. The van der Waals surface area contributed by atoms with Crippen LogP contribution in [0.25, 0.3) is 0 Å². The van der Waals surface area contributed by atoms with Crippen LogP contribution in [0.4, 0.5) is 17.6 Å². The molecule has 120 valence electrons. The lowest BCUT2D eigenvalue weighted by Crippen LogP contribution is -2.41. The Bertz CT molecular complexity index is 457. The van der Waals surface area contributed by atoms with E-state index in [0.717, 1.165) is 32.0 Å². The molecule has 1 N–H and O–H groups in total. The van der Waals surface area contributed by atoms with Gasteiger partial charge in [-0.3, -0.25) is 4.90 Å². The lowest BCUT2D eigenvalue weighted by molar-refractivity contribution is -0.138. The Morgan fingerprint density at radius 2 is 1.86 bits per heavy atom. The van der Waals surface area contributed by atoms with Crippen LogP contribution in [0, 0.1) is 5.82 Å². The summed E-state index contributed by atoms with van der Waals surface area (Å²) < 4.78 is 51.7. The fourth-order valence-electron chi connectivity index (χ4n) is 2.57. The van der Waals surface area contributed by atoms with Gasteiger partial charge in [-0.2, -0.15) is 13.2 Å². The van der Waals surface area contributed by atoms with Gasteiger partial charge in [0.2, 0.25) is 0 Å². The van der Waals surface area contributed by atoms with Gasteiger partial charge < -0.3 is 5.32 Å². The number of rotatable bonds is 3. The van der Waals surface area contributed by atoms with Crippen molar-refractivity contribution in [3.63, 3.8) is 0 Å². The highest BCUT2D eigenvalue weighted by molar-refractivity contribution is 5.85. The van der Waals surface area contributed by atoms with Crippen molar-refractivity contribution in [3.8, 4) is 0 Å². The van der Waals surface area contributed by atoms with Crippen molar-refractivity contribution in [2.24, 2.45) is 0 Å². The van der Waals surface area contributed by atoms with E-state index < -0.39 is 17.6 Å². The molecule has 1 aliphatic rings. The highest BCUT2D eigenvalue weighted by atomic mass is 35.5. The first-order chi connectivity index (χ1) is 9.40. The number of nitrogens with zero attached hydrogens (tertiary/aromatic N) is 1. The van der Waals surface area contributed by atoms with Crippen molar-refractivity contribution in [2.45, 2.75) is 31.6 Å². The first-order valence-electron chi connectivity index (χ1n) is 6.65. The standard InChI is InChI=1S/C14H18F4N2.ClH/c1-19-12-4-6-20(7-5-12)9-10-2-3-11(15)8-13(10)14(16,17)18;/h2-3,8,12,19H,4-7,9H2,1H3;1H. The average Bonchev–Trinajstić information content (AvgIpc) is 2.40. The predicted octanol–water partition coefficient (Wildman–Crippen LogP) is 3.45. The molecule has 1 aromatic carbocycles. The van der Waals surface area contributed by atoms with E-state index in [4.69, 9.17) is 0 Å². The Labute approximate surface area is 127 Å². The number of alkyl halides is 3. The summed E-state index contributed by atoms with van der Waals surface area (Å²) in [4.78, 5) is 1.98. The van der Waals surface area contributed by atoms with Gasteiger partial charge in [0.05, 0.1) is 5.56 Å². The maximum absolute atomic E-state index is 13.0. The molecule has 1 saturated heterocycles. The summed E-state index contributed by atoms with van der Waals surface area (Å²) >= 11 is 0. The molecule has 0 aliphatic carbocycles. The molecule has 0 amide bonds. The fourth-order valence-corrected chi connectivity index (χ4v) is 2.57. The van der Waals surface area contributed by atoms with Gasteiger partial charge in [0.15, 0.2) is 0 Å². The molecule has 0 spiro atoms. The summed E-state index contributed by atoms with van der Waals surface area (Å²) in [7, 11) is 1.89. The zero-order chi connectivity index (χ0) is 14.8. The van der Waals surface area contributed by atoms with Crippen LogP contribution in [0.3, 0.4) is 0 Å². The highest BCUT2D eigenvalue weighted by Crippen LogP contribution is 2.33. The molecule has 7 heteroatoms. The molecular formula is C14H19ClF4N2. The van der Waals surface area contributed by atoms with E-state index in [-0.39, 0.29) is 24.5 Å².